The van der Waals surface area contributed by atoms with Crippen LogP contribution in [0.5, 0.6) is 0 Å². The molecule has 1 aromatic carbocycles. The minimum absolute atomic E-state index is 0.518. The molecule has 24 heavy (non-hydrogen) atoms. The minimum Gasteiger partial charge on any atom is -0.370 e. The van der Waals surface area contributed by atoms with Gasteiger partial charge in [-0.1, -0.05) is 51.2 Å². The fraction of sp³-hybridized carbons (Fsp3) is 0.500. The molecule has 3 N–H and O–H groups in total. The van der Waals surface area contributed by atoms with Crippen LogP contribution in [0.15, 0.2) is 41.9 Å². The van der Waals surface area contributed by atoms with Crippen LogP contribution in [0.3, 0.4) is 0 Å². The minimum atomic E-state index is 0.518. The topological polar surface area (TPSA) is 81.1 Å². The van der Waals surface area contributed by atoms with Crippen LogP contribution in [0.1, 0.15) is 51.0 Å². The molecule has 6 heteroatoms. The summed E-state index contributed by atoms with van der Waals surface area (Å²) < 4.78 is 1.73. The molecule has 0 saturated carbocycles. The summed E-state index contributed by atoms with van der Waals surface area (Å²) in [5, 5.41) is 7.29. The molecular weight excluding hydrogens is 300 g/mol. The summed E-state index contributed by atoms with van der Waals surface area (Å²) in [5.41, 5.74) is 8.00. The quantitative estimate of drug-likeness (QED) is 0.399. The van der Waals surface area contributed by atoms with E-state index in [-0.39, 0.29) is 0 Å². The Kier molecular flexibility index (Phi) is 7.80. The van der Waals surface area contributed by atoms with Crippen molar-refractivity contribution >= 4 is 5.96 Å². The van der Waals surface area contributed by atoms with Crippen LogP contribution in [0.2, 0.25) is 0 Å². The van der Waals surface area contributed by atoms with Crippen LogP contribution in [-0.2, 0) is 6.54 Å². The van der Waals surface area contributed by atoms with Crippen LogP contribution in [0.25, 0.3) is 5.69 Å². The fourth-order valence-corrected chi connectivity index (χ4v) is 2.45. The number of benzene rings is 1. The summed E-state index contributed by atoms with van der Waals surface area (Å²) in [4.78, 5) is 8.32. The van der Waals surface area contributed by atoms with Gasteiger partial charge in [0, 0.05) is 6.54 Å². The molecule has 0 unspecified atom stereocenters. The molecule has 0 aliphatic heterocycles. The van der Waals surface area contributed by atoms with Gasteiger partial charge in [0.2, 0.25) is 0 Å². The average molecular weight is 328 g/mol. The first-order chi connectivity index (χ1) is 11.8. The van der Waals surface area contributed by atoms with E-state index in [1.165, 1.54) is 38.4 Å². The van der Waals surface area contributed by atoms with E-state index in [1.54, 1.807) is 11.0 Å². The Balaban J connectivity index is 1.66. The predicted octanol–water partition coefficient (Wildman–Crippen LogP) is 3.03. The second-order valence-electron chi connectivity index (χ2n) is 5.90. The standard InChI is InChI=1S/C18H28N6/c1-2-3-4-5-6-7-12-21-18(19)22-13-16-8-10-17(11-9-16)24-15-20-14-23-24/h8-11,14-15H,2-7,12-13H2,1H3,(H3,19,21,22). The van der Waals surface area contributed by atoms with E-state index in [0.29, 0.717) is 12.5 Å². The third kappa shape index (κ3) is 6.40. The van der Waals surface area contributed by atoms with Gasteiger partial charge in [-0.2, -0.15) is 5.10 Å². The lowest BCUT2D eigenvalue weighted by Crippen LogP contribution is -2.32. The first kappa shape index (κ1) is 18.0. The molecule has 2 aromatic rings. The highest BCUT2D eigenvalue weighted by atomic mass is 15.3. The van der Waals surface area contributed by atoms with Crippen molar-refractivity contribution in [3.63, 3.8) is 0 Å². The lowest BCUT2D eigenvalue weighted by atomic mass is 10.1. The molecule has 0 amide bonds. The molecular formula is C18H28N6. The predicted molar refractivity (Wildman–Crippen MR) is 98.1 cm³/mol. The number of guanidine groups is 1. The number of aromatic nitrogens is 3. The van der Waals surface area contributed by atoms with E-state index < -0.39 is 0 Å². The van der Waals surface area contributed by atoms with Crippen LogP contribution < -0.4 is 11.1 Å². The maximum Gasteiger partial charge on any atom is 0.188 e. The molecule has 0 fully saturated rings. The molecule has 2 rings (SSSR count). The molecule has 1 heterocycles. The normalized spacial score (nSPS) is 11.6. The first-order valence-electron chi connectivity index (χ1n) is 8.77. The summed E-state index contributed by atoms with van der Waals surface area (Å²) >= 11 is 0. The zero-order chi connectivity index (χ0) is 17.0. The fourth-order valence-electron chi connectivity index (χ4n) is 2.45. The van der Waals surface area contributed by atoms with E-state index >= 15 is 0 Å². The molecule has 0 spiro atoms. The summed E-state index contributed by atoms with van der Waals surface area (Å²) in [5.74, 6) is 0.518. The third-order valence-corrected chi connectivity index (χ3v) is 3.89. The summed E-state index contributed by atoms with van der Waals surface area (Å²) in [7, 11) is 0. The maximum absolute atomic E-state index is 5.91. The number of hydrogen-bond donors (Lipinski definition) is 2. The molecule has 6 nitrogen and oxygen atoms in total. The lowest BCUT2D eigenvalue weighted by Gasteiger charge is -2.06. The van der Waals surface area contributed by atoms with Gasteiger partial charge in [0.15, 0.2) is 5.96 Å². The average Bonchev–Trinajstić information content (AvgIpc) is 3.14. The van der Waals surface area contributed by atoms with Crippen LogP contribution in [0.4, 0.5) is 0 Å². The molecule has 0 radical (unpaired) electrons. The van der Waals surface area contributed by atoms with Crippen LogP contribution in [-0.4, -0.2) is 27.3 Å². The van der Waals surface area contributed by atoms with Crippen molar-refractivity contribution in [1.29, 1.82) is 0 Å². The molecule has 0 saturated heterocycles. The van der Waals surface area contributed by atoms with Crippen molar-refractivity contribution in [2.75, 3.05) is 6.54 Å². The Hall–Kier alpha value is -2.37. The number of rotatable bonds is 10. The summed E-state index contributed by atoms with van der Waals surface area (Å²) in [6, 6.07) is 8.06. The Labute approximate surface area is 144 Å². The van der Waals surface area contributed by atoms with Crippen molar-refractivity contribution in [2.45, 2.75) is 52.0 Å². The van der Waals surface area contributed by atoms with Crippen LogP contribution in [0, 0.1) is 0 Å². The van der Waals surface area contributed by atoms with E-state index in [0.717, 1.165) is 24.2 Å². The molecule has 1 aromatic heterocycles. The first-order valence-corrected chi connectivity index (χ1v) is 8.77. The largest absolute Gasteiger partial charge is 0.370 e. The monoisotopic (exact) mass is 328 g/mol. The van der Waals surface area contributed by atoms with Gasteiger partial charge in [-0.05, 0) is 24.1 Å². The third-order valence-electron chi connectivity index (χ3n) is 3.89. The van der Waals surface area contributed by atoms with E-state index in [1.807, 2.05) is 24.3 Å². The second-order valence-corrected chi connectivity index (χ2v) is 5.90. The van der Waals surface area contributed by atoms with E-state index in [4.69, 9.17) is 5.73 Å². The van der Waals surface area contributed by atoms with Gasteiger partial charge in [-0.15, -0.1) is 0 Å². The van der Waals surface area contributed by atoms with Crippen molar-refractivity contribution in [2.24, 2.45) is 10.7 Å². The molecule has 130 valence electrons. The number of hydrogen-bond acceptors (Lipinski definition) is 3. The number of aliphatic imine (C=N–C) groups is 1. The number of nitrogens with zero attached hydrogens (tertiary/aromatic N) is 4. The van der Waals surface area contributed by atoms with Gasteiger partial charge < -0.3 is 11.1 Å². The Morgan fingerprint density at radius 2 is 1.88 bits per heavy atom. The van der Waals surface area contributed by atoms with Crippen molar-refractivity contribution in [3.8, 4) is 5.69 Å². The highest BCUT2D eigenvalue weighted by Crippen LogP contribution is 2.09. The molecule has 0 aliphatic carbocycles. The molecule has 0 aliphatic rings. The summed E-state index contributed by atoms with van der Waals surface area (Å²) in [6.07, 6.45) is 10.9. The van der Waals surface area contributed by atoms with Crippen molar-refractivity contribution < 1.29 is 0 Å². The van der Waals surface area contributed by atoms with Gasteiger partial charge >= 0.3 is 0 Å². The van der Waals surface area contributed by atoms with Gasteiger partial charge in [0.1, 0.15) is 12.7 Å². The Morgan fingerprint density at radius 3 is 2.58 bits per heavy atom. The Morgan fingerprint density at radius 1 is 1.12 bits per heavy atom. The highest BCUT2D eigenvalue weighted by molar-refractivity contribution is 5.77. The van der Waals surface area contributed by atoms with Gasteiger partial charge in [-0.25, -0.2) is 14.7 Å². The zero-order valence-corrected chi connectivity index (χ0v) is 14.5. The number of nitrogens with one attached hydrogen (secondary N) is 1. The van der Waals surface area contributed by atoms with Crippen LogP contribution >= 0.6 is 0 Å². The zero-order valence-electron chi connectivity index (χ0n) is 14.5. The number of nitrogens with two attached hydrogens (primary N) is 1. The maximum atomic E-state index is 5.91. The lowest BCUT2D eigenvalue weighted by molar-refractivity contribution is 0.601. The molecule has 0 atom stereocenters. The second kappa shape index (κ2) is 10.4. The van der Waals surface area contributed by atoms with E-state index in [2.05, 4.69) is 27.3 Å². The number of unbranched alkanes of at least 4 members (excludes halogenated alkanes) is 5. The van der Waals surface area contributed by atoms with Crippen molar-refractivity contribution in [1.82, 2.24) is 20.1 Å². The van der Waals surface area contributed by atoms with Gasteiger partial charge in [0.25, 0.3) is 0 Å². The van der Waals surface area contributed by atoms with Gasteiger partial charge in [-0.3, -0.25) is 0 Å². The van der Waals surface area contributed by atoms with Crippen molar-refractivity contribution in [3.05, 3.63) is 42.5 Å². The van der Waals surface area contributed by atoms with E-state index in [9.17, 15) is 0 Å². The summed E-state index contributed by atoms with van der Waals surface area (Å²) in [6.45, 7) is 3.71. The molecule has 0 bridgehead atoms. The Bertz CT molecular complexity index is 588. The van der Waals surface area contributed by atoms with Gasteiger partial charge in [0.05, 0.1) is 12.2 Å². The smallest absolute Gasteiger partial charge is 0.188 e. The SMILES string of the molecule is CCCCCCCCNC(N)=NCc1ccc(-n2cncn2)cc1. The highest BCUT2D eigenvalue weighted by Gasteiger charge is 1.98.